The van der Waals surface area contributed by atoms with Gasteiger partial charge in [0, 0.05) is 28.9 Å². The SMILES string of the molecule is CCc1ccc(-c2noc(COC(=O)Cc3csc(-c4cccnc4)n3)n2)cc1. The number of carbonyl (C=O) groups is 1. The van der Waals surface area contributed by atoms with E-state index in [1.54, 1.807) is 12.4 Å². The van der Waals surface area contributed by atoms with Crippen molar-refractivity contribution in [1.82, 2.24) is 20.1 Å². The maximum atomic E-state index is 12.1. The fraction of sp³-hybridized carbons (Fsp3) is 0.190. The fourth-order valence-electron chi connectivity index (χ4n) is 2.67. The smallest absolute Gasteiger partial charge is 0.312 e. The van der Waals surface area contributed by atoms with Crippen molar-refractivity contribution < 1.29 is 14.1 Å². The number of rotatable bonds is 7. The van der Waals surface area contributed by atoms with Crippen molar-refractivity contribution >= 4 is 17.3 Å². The molecule has 29 heavy (non-hydrogen) atoms. The van der Waals surface area contributed by atoms with Gasteiger partial charge in [-0.05, 0) is 24.1 Å². The molecule has 0 amide bonds. The molecule has 0 N–H and O–H groups in total. The van der Waals surface area contributed by atoms with Crippen molar-refractivity contribution in [2.45, 2.75) is 26.4 Å². The highest BCUT2D eigenvalue weighted by molar-refractivity contribution is 7.13. The van der Waals surface area contributed by atoms with Gasteiger partial charge in [-0.25, -0.2) is 4.98 Å². The Morgan fingerprint density at radius 2 is 2.00 bits per heavy atom. The summed E-state index contributed by atoms with van der Waals surface area (Å²) in [4.78, 5) is 24.9. The van der Waals surface area contributed by atoms with E-state index in [-0.39, 0.29) is 18.9 Å². The Hall–Kier alpha value is -3.39. The van der Waals surface area contributed by atoms with E-state index >= 15 is 0 Å². The van der Waals surface area contributed by atoms with Crippen LogP contribution in [0.15, 0.2) is 58.7 Å². The first-order valence-electron chi connectivity index (χ1n) is 9.13. The summed E-state index contributed by atoms with van der Waals surface area (Å²) in [6.07, 6.45) is 4.50. The van der Waals surface area contributed by atoms with Crippen LogP contribution in [0.25, 0.3) is 22.0 Å². The van der Waals surface area contributed by atoms with E-state index in [1.165, 1.54) is 16.9 Å². The van der Waals surface area contributed by atoms with Crippen LogP contribution in [0.1, 0.15) is 24.1 Å². The highest BCUT2D eigenvalue weighted by Gasteiger charge is 2.13. The summed E-state index contributed by atoms with van der Waals surface area (Å²) in [6.45, 7) is 2.03. The number of carbonyl (C=O) groups excluding carboxylic acids is 1. The van der Waals surface area contributed by atoms with E-state index < -0.39 is 5.97 Å². The maximum Gasteiger partial charge on any atom is 0.312 e. The molecule has 8 heteroatoms. The van der Waals surface area contributed by atoms with Crippen LogP contribution in [0.5, 0.6) is 0 Å². The van der Waals surface area contributed by atoms with Crippen molar-refractivity contribution in [3.8, 4) is 22.0 Å². The second-order valence-corrected chi connectivity index (χ2v) is 7.14. The molecule has 1 aromatic carbocycles. The van der Waals surface area contributed by atoms with Gasteiger partial charge < -0.3 is 9.26 Å². The number of hydrogen-bond acceptors (Lipinski definition) is 8. The van der Waals surface area contributed by atoms with Crippen molar-refractivity contribution in [3.63, 3.8) is 0 Å². The summed E-state index contributed by atoms with van der Waals surface area (Å²) >= 11 is 1.46. The third-order valence-corrected chi connectivity index (χ3v) is 5.17. The molecule has 0 spiro atoms. The van der Waals surface area contributed by atoms with Gasteiger partial charge in [-0.1, -0.05) is 36.3 Å². The molecule has 146 valence electrons. The predicted octanol–water partition coefficient (Wildman–Crippen LogP) is 4.10. The van der Waals surface area contributed by atoms with E-state index in [0.29, 0.717) is 11.5 Å². The zero-order chi connectivity index (χ0) is 20.1. The van der Waals surface area contributed by atoms with Crippen LogP contribution in [-0.2, 0) is 29.0 Å². The number of benzene rings is 1. The molecule has 0 saturated carbocycles. The van der Waals surface area contributed by atoms with Gasteiger partial charge in [-0.3, -0.25) is 9.78 Å². The quantitative estimate of drug-likeness (QED) is 0.427. The zero-order valence-corrected chi connectivity index (χ0v) is 16.6. The average Bonchev–Trinajstić information content (AvgIpc) is 3.43. The van der Waals surface area contributed by atoms with E-state index in [1.807, 2.05) is 41.8 Å². The van der Waals surface area contributed by atoms with Crippen LogP contribution in [0.2, 0.25) is 0 Å². The number of aromatic nitrogens is 4. The number of esters is 1. The topological polar surface area (TPSA) is 91.0 Å². The van der Waals surface area contributed by atoms with E-state index in [9.17, 15) is 4.79 Å². The lowest BCUT2D eigenvalue weighted by molar-refractivity contribution is -0.144. The normalized spacial score (nSPS) is 10.8. The van der Waals surface area contributed by atoms with E-state index in [0.717, 1.165) is 22.6 Å². The van der Waals surface area contributed by atoms with Crippen LogP contribution in [0.3, 0.4) is 0 Å². The molecule has 4 rings (SSSR count). The summed E-state index contributed by atoms with van der Waals surface area (Å²) in [5.41, 5.74) is 3.66. The largest absolute Gasteiger partial charge is 0.455 e. The first kappa shape index (κ1) is 18.9. The molecule has 0 unspecified atom stereocenters. The molecule has 0 bridgehead atoms. The van der Waals surface area contributed by atoms with Gasteiger partial charge in [-0.2, -0.15) is 4.98 Å². The van der Waals surface area contributed by atoms with Gasteiger partial charge in [0.1, 0.15) is 5.01 Å². The monoisotopic (exact) mass is 406 g/mol. The highest BCUT2D eigenvalue weighted by Crippen LogP contribution is 2.23. The number of pyridine rings is 1. The Morgan fingerprint density at radius 1 is 1.14 bits per heavy atom. The van der Waals surface area contributed by atoms with E-state index in [4.69, 9.17) is 9.26 Å². The van der Waals surface area contributed by atoms with Crippen LogP contribution < -0.4 is 0 Å². The average molecular weight is 406 g/mol. The Bertz CT molecular complexity index is 1090. The van der Waals surface area contributed by atoms with E-state index in [2.05, 4.69) is 27.0 Å². The summed E-state index contributed by atoms with van der Waals surface area (Å²) < 4.78 is 10.4. The minimum absolute atomic E-state index is 0.0710. The molecule has 0 saturated heterocycles. The minimum Gasteiger partial charge on any atom is -0.455 e. The summed E-state index contributed by atoms with van der Waals surface area (Å²) in [7, 11) is 0. The second-order valence-electron chi connectivity index (χ2n) is 6.29. The van der Waals surface area contributed by atoms with Crippen molar-refractivity contribution in [3.05, 3.63) is 71.3 Å². The van der Waals surface area contributed by atoms with Crippen LogP contribution in [-0.4, -0.2) is 26.1 Å². The van der Waals surface area contributed by atoms with Crippen molar-refractivity contribution in [2.75, 3.05) is 0 Å². The van der Waals surface area contributed by atoms with Crippen LogP contribution in [0.4, 0.5) is 0 Å². The molecule has 0 aliphatic rings. The standard InChI is InChI=1S/C21H18N4O3S/c1-2-14-5-7-15(8-6-14)20-24-18(28-25-20)12-27-19(26)10-17-13-29-21(23-17)16-4-3-9-22-11-16/h3-9,11,13H,2,10,12H2,1H3. The summed E-state index contributed by atoms with van der Waals surface area (Å²) in [5.74, 6) is 0.321. The number of thiazole rings is 1. The van der Waals surface area contributed by atoms with Crippen LogP contribution in [0, 0.1) is 0 Å². The van der Waals surface area contributed by atoms with Gasteiger partial charge in [0.05, 0.1) is 12.1 Å². The first-order chi connectivity index (χ1) is 14.2. The predicted molar refractivity (Wildman–Crippen MR) is 108 cm³/mol. The molecule has 3 aromatic heterocycles. The Kier molecular flexibility index (Phi) is 5.71. The fourth-order valence-corrected chi connectivity index (χ4v) is 3.48. The zero-order valence-electron chi connectivity index (χ0n) is 15.7. The minimum atomic E-state index is -0.403. The van der Waals surface area contributed by atoms with Gasteiger partial charge in [-0.15, -0.1) is 11.3 Å². The lowest BCUT2D eigenvalue weighted by Crippen LogP contribution is -2.08. The third-order valence-electron chi connectivity index (χ3n) is 4.23. The molecule has 0 atom stereocenters. The molecule has 4 aromatic rings. The van der Waals surface area contributed by atoms with Gasteiger partial charge in [0.2, 0.25) is 5.82 Å². The summed E-state index contributed by atoms with van der Waals surface area (Å²) in [5, 5.41) is 6.60. The molecule has 0 fully saturated rings. The molecular formula is C21H18N4O3S. The van der Waals surface area contributed by atoms with Crippen LogP contribution >= 0.6 is 11.3 Å². The molecule has 3 heterocycles. The number of hydrogen-bond donors (Lipinski definition) is 0. The molecule has 0 aliphatic heterocycles. The Labute approximate surface area is 171 Å². The third kappa shape index (κ3) is 4.72. The Balaban J connectivity index is 1.32. The number of nitrogens with zero attached hydrogens (tertiary/aromatic N) is 4. The molecule has 7 nitrogen and oxygen atoms in total. The van der Waals surface area contributed by atoms with Gasteiger partial charge in [0.15, 0.2) is 6.61 Å². The molecule has 0 radical (unpaired) electrons. The second kappa shape index (κ2) is 8.74. The molecule has 0 aliphatic carbocycles. The van der Waals surface area contributed by atoms with Gasteiger partial charge >= 0.3 is 5.97 Å². The summed E-state index contributed by atoms with van der Waals surface area (Å²) in [6, 6.07) is 11.7. The van der Waals surface area contributed by atoms with Crippen molar-refractivity contribution in [2.24, 2.45) is 0 Å². The molecular weight excluding hydrogens is 388 g/mol. The number of aryl methyl sites for hydroxylation is 1. The lowest BCUT2D eigenvalue weighted by atomic mass is 10.1. The number of ether oxygens (including phenoxy) is 1. The Morgan fingerprint density at radius 3 is 2.76 bits per heavy atom. The highest BCUT2D eigenvalue weighted by atomic mass is 32.1. The first-order valence-corrected chi connectivity index (χ1v) is 10.0. The van der Waals surface area contributed by atoms with Crippen molar-refractivity contribution in [1.29, 1.82) is 0 Å². The lowest BCUT2D eigenvalue weighted by Gasteiger charge is -2.00. The maximum absolute atomic E-state index is 12.1. The van der Waals surface area contributed by atoms with Gasteiger partial charge in [0.25, 0.3) is 5.89 Å².